The number of amides is 2. The number of rotatable bonds is 10. The Labute approximate surface area is 126 Å². The monoisotopic (exact) mass is 320 g/mol. The van der Waals surface area contributed by atoms with Crippen molar-refractivity contribution < 1.29 is 35.1 Å². The molecule has 2 amide bonds. The average Bonchev–Trinajstić information content (AvgIpc) is 2.41. The first-order valence-electron chi connectivity index (χ1n) is 6.19. The summed E-state index contributed by atoms with van der Waals surface area (Å²) in [7, 11) is 0. The molecule has 0 saturated carbocycles. The predicted molar refractivity (Wildman–Crippen MR) is 69.3 cm³/mol. The Bertz CT molecular complexity index is 403. The molecule has 0 aromatic heterocycles. The first-order valence-corrected chi connectivity index (χ1v) is 6.82. The van der Waals surface area contributed by atoms with E-state index < -0.39 is 35.8 Å². The lowest BCUT2D eigenvalue weighted by atomic mass is 10.1. The van der Waals surface area contributed by atoms with Crippen molar-refractivity contribution in [3.63, 3.8) is 0 Å². The fourth-order valence-corrected chi connectivity index (χ4v) is 1.55. The molecule has 5 N–H and O–H groups in total. The van der Waals surface area contributed by atoms with E-state index in [0.29, 0.717) is 0 Å². The Kier molecular flexibility index (Phi) is 9.13. The van der Waals surface area contributed by atoms with E-state index in [1.165, 1.54) is 0 Å². The van der Waals surface area contributed by atoms with Gasteiger partial charge in [0.05, 0.1) is 5.97 Å². The summed E-state index contributed by atoms with van der Waals surface area (Å²) < 4.78 is 0. The molecule has 0 bridgehead atoms. The summed E-state index contributed by atoms with van der Waals surface area (Å²) in [5.74, 6) is -3.75. The maximum atomic E-state index is 11.6. The molecular weight excluding hydrogens is 302 g/mol. The summed E-state index contributed by atoms with van der Waals surface area (Å²) in [6.07, 6.45) is -0.480. The second-order valence-corrected chi connectivity index (χ2v) is 4.64. The van der Waals surface area contributed by atoms with Gasteiger partial charge < -0.3 is 36.2 Å². The number of hydrogen-bond acceptors (Lipinski definition) is 7. The molecule has 0 unspecified atom stereocenters. The molecule has 0 heterocycles. The first-order chi connectivity index (χ1) is 9.77. The van der Waals surface area contributed by atoms with Crippen LogP contribution in [-0.2, 0) is 19.2 Å². The van der Waals surface area contributed by atoms with Crippen LogP contribution in [0.15, 0.2) is 0 Å². The van der Waals surface area contributed by atoms with Crippen molar-refractivity contribution >= 4 is 36.4 Å². The molecule has 9 nitrogen and oxygen atoms in total. The Morgan fingerprint density at radius 1 is 1.14 bits per heavy atom. The molecule has 120 valence electrons. The molecular formula is C11H18N3O6S-. The maximum Gasteiger partial charge on any atom is 0.243 e. The lowest BCUT2D eigenvalue weighted by Crippen LogP contribution is -2.68. The minimum absolute atomic E-state index is 0.0111. The molecule has 0 aliphatic rings. The van der Waals surface area contributed by atoms with Gasteiger partial charge in [-0.25, -0.2) is 0 Å². The van der Waals surface area contributed by atoms with Gasteiger partial charge in [0.15, 0.2) is 0 Å². The lowest BCUT2D eigenvalue weighted by molar-refractivity contribution is -0.438. The highest BCUT2D eigenvalue weighted by molar-refractivity contribution is 7.80. The molecule has 0 radical (unpaired) electrons. The van der Waals surface area contributed by atoms with Crippen LogP contribution in [-0.4, -0.2) is 48.1 Å². The summed E-state index contributed by atoms with van der Waals surface area (Å²) in [5, 5.41) is 25.3. The number of aliphatic carboxylic acids is 2. The number of hydrogen-bond donors (Lipinski definition) is 4. The van der Waals surface area contributed by atoms with Crippen LogP contribution in [0.25, 0.3) is 0 Å². The summed E-state index contributed by atoms with van der Waals surface area (Å²) in [6.45, 7) is -0.118. The van der Waals surface area contributed by atoms with Crippen LogP contribution in [0.3, 0.4) is 0 Å². The van der Waals surface area contributed by atoms with E-state index in [2.05, 4.69) is 29.0 Å². The number of quaternary nitrogens is 1. The van der Waals surface area contributed by atoms with E-state index >= 15 is 0 Å². The minimum atomic E-state index is -1.35. The van der Waals surface area contributed by atoms with Crippen molar-refractivity contribution in [1.82, 2.24) is 10.6 Å². The summed E-state index contributed by atoms with van der Waals surface area (Å²) >= 11 is 3.91. The zero-order valence-corrected chi connectivity index (χ0v) is 12.2. The zero-order chi connectivity index (χ0) is 16.4. The van der Waals surface area contributed by atoms with Gasteiger partial charge in [-0.2, -0.15) is 12.6 Å². The molecule has 10 heteroatoms. The molecule has 0 aromatic carbocycles. The van der Waals surface area contributed by atoms with Gasteiger partial charge in [0, 0.05) is 37.5 Å². The van der Waals surface area contributed by atoms with Crippen molar-refractivity contribution in [2.75, 3.05) is 12.3 Å². The quantitative estimate of drug-likeness (QED) is 0.293. The summed E-state index contributed by atoms with van der Waals surface area (Å²) in [6, 6.07) is -1.95. The second kappa shape index (κ2) is 10.00. The van der Waals surface area contributed by atoms with E-state index in [1.807, 2.05) is 0 Å². The minimum Gasteiger partial charge on any atom is -0.550 e. The van der Waals surface area contributed by atoms with Gasteiger partial charge >= 0.3 is 0 Å². The number of thiol groups is 1. The van der Waals surface area contributed by atoms with Crippen LogP contribution in [0.1, 0.15) is 19.3 Å². The van der Waals surface area contributed by atoms with Gasteiger partial charge in [0.25, 0.3) is 0 Å². The van der Waals surface area contributed by atoms with Gasteiger partial charge in [-0.05, 0) is 0 Å². The Morgan fingerprint density at radius 2 is 1.76 bits per heavy atom. The first kappa shape index (κ1) is 19.2. The number of carbonyl (C=O) groups is 4. The molecule has 0 fully saturated rings. The molecule has 0 saturated heterocycles. The van der Waals surface area contributed by atoms with E-state index in [1.54, 1.807) is 0 Å². The Balaban J connectivity index is 4.17. The highest BCUT2D eigenvalue weighted by atomic mass is 32.1. The maximum absolute atomic E-state index is 11.6. The number of carboxylic acids is 2. The summed E-state index contributed by atoms with van der Waals surface area (Å²) in [5.41, 5.74) is 3.30. The standard InChI is InChI=1S/C11H19N3O6S/c12-6(11(19)20)1-2-8(15)14-7(5-21)10(18)13-4-3-9(16)17/h6-7,21H,1-5,12H2,(H,13,18)(H,14,15)(H,16,17)(H,19,20)/p-1/t6-,7-/m0/s1. The van der Waals surface area contributed by atoms with E-state index in [9.17, 15) is 29.4 Å². The third-order valence-electron chi connectivity index (χ3n) is 2.52. The fourth-order valence-electron chi connectivity index (χ4n) is 1.29. The highest BCUT2D eigenvalue weighted by Gasteiger charge is 2.19. The van der Waals surface area contributed by atoms with Gasteiger partial charge in [-0.15, -0.1) is 0 Å². The average molecular weight is 320 g/mol. The molecule has 0 aliphatic carbocycles. The van der Waals surface area contributed by atoms with Crippen LogP contribution in [0.5, 0.6) is 0 Å². The van der Waals surface area contributed by atoms with E-state index in [4.69, 9.17) is 0 Å². The highest BCUT2D eigenvalue weighted by Crippen LogP contribution is 1.95. The predicted octanol–water partition coefficient (Wildman–Crippen LogP) is -5.20. The third-order valence-corrected chi connectivity index (χ3v) is 2.88. The molecule has 0 aromatic rings. The van der Waals surface area contributed by atoms with Gasteiger partial charge in [-0.1, -0.05) is 0 Å². The molecule has 0 aliphatic heterocycles. The molecule has 0 spiro atoms. The van der Waals surface area contributed by atoms with Gasteiger partial charge in [0.2, 0.25) is 11.8 Å². The van der Waals surface area contributed by atoms with E-state index in [-0.39, 0.29) is 31.6 Å². The molecule has 2 atom stereocenters. The van der Waals surface area contributed by atoms with Gasteiger partial charge in [0.1, 0.15) is 12.1 Å². The van der Waals surface area contributed by atoms with Crippen LogP contribution >= 0.6 is 12.6 Å². The van der Waals surface area contributed by atoms with E-state index in [0.717, 1.165) is 0 Å². The zero-order valence-electron chi connectivity index (χ0n) is 11.3. The van der Waals surface area contributed by atoms with Crippen molar-refractivity contribution in [3.8, 4) is 0 Å². The SMILES string of the molecule is [NH3+][C@@H](CCC(=O)N[C@@H](CS)C(=O)NCCC(=O)[O-])C(=O)[O-]. The van der Waals surface area contributed by atoms with Crippen LogP contribution in [0.2, 0.25) is 0 Å². The Morgan fingerprint density at radius 3 is 2.24 bits per heavy atom. The van der Waals surface area contributed by atoms with Crippen LogP contribution in [0.4, 0.5) is 0 Å². The number of carbonyl (C=O) groups excluding carboxylic acids is 4. The van der Waals surface area contributed by atoms with Crippen molar-refractivity contribution in [3.05, 3.63) is 0 Å². The van der Waals surface area contributed by atoms with Crippen LogP contribution in [0, 0.1) is 0 Å². The molecule has 0 rings (SSSR count). The fraction of sp³-hybridized carbons (Fsp3) is 0.636. The van der Waals surface area contributed by atoms with Crippen LogP contribution < -0.4 is 26.6 Å². The van der Waals surface area contributed by atoms with Crippen molar-refractivity contribution in [2.24, 2.45) is 0 Å². The van der Waals surface area contributed by atoms with Crippen molar-refractivity contribution in [2.45, 2.75) is 31.3 Å². The smallest absolute Gasteiger partial charge is 0.243 e. The number of nitrogens with one attached hydrogen (secondary N) is 2. The summed E-state index contributed by atoms with van der Waals surface area (Å²) in [4.78, 5) is 43.8. The van der Waals surface area contributed by atoms with Gasteiger partial charge in [-0.3, -0.25) is 9.59 Å². The lowest BCUT2D eigenvalue weighted by Gasteiger charge is -2.17. The molecule has 21 heavy (non-hydrogen) atoms. The number of carboxylic acid groups (broad SMARTS) is 2. The topological polar surface area (TPSA) is 166 Å². The third kappa shape index (κ3) is 8.87. The largest absolute Gasteiger partial charge is 0.550 e. The Hall–Kier alpha value is -1.81. The normalized spacial score (nSPS) is 13.0. The second-order valence-electron chi connectivity index (χ2n) is 4.27. The van der Waals surface area contributed by atoms with Crippen molar-refractivity contribution in [1.29, 1.82) is 0 Å².